The van der Waals surface area contributed by atoms with Crippen molar-refractivity contribution in [2.24, 2.45) is 0 Å². The Hall–Kier alpha value is -3.73. The van der Waals surface area contributed by atoms with Crippen LogP contribution in [0, 0.1) is 0 Å². The van der Waals surface area contributed by atoms with E-state index >= 15 is 0 Å². The third-order valence-corrected chi connectivity index (χ3v) is 8.45. The number of piperidine rings is 1. The molecule has 222 valence electrons. The molecule has 2 N–H and O–H groups in total. The van der Waals surface area contributed by atoms with Crippen LogP contribution in [0.5, 0.6) is 0 Å². The number of ketones is 1. The van der Waals surface area contributed by atoms with E-state index in [-0.39, 0.29) is 29.5 Å². The minimum Gasteiger partial charge on any atom is -0.347 e. The molecule has 1 heterocycles. The molecular weight excluding hydrogens is 552 g/mol. The molecule has 1 unspecified atom stereocenters. The minimum absolute atomic E-state index is 0.0259. The number of nitrogens with one attached hydrogen (secondary N) is 2. The van der Waals surface area contributed by atoms with E-state index in [1.807, 2.05) is 30.3 Å². The summed E-state index contributed by atoms with van der Waals surface area (Å²) in [6, 6.07) is 35.3. The number of hydrogen-bond acceptors (Lipinski definition) is 3. The van der Waals surface area contributed by atoms with Crippen LogP contribution in [0.3, 0.4) is 0 Å². The second-order valence-corrected chi connectivity index (χ2v) is 13.6. The van der Waals surface area contributed by atoms with Crippen LogP contribution in [0.1, 0.15) is 79.8 Å². The molecule has 0 bridgehead atoms. The minimum atomic E-state index is -0.493. The van der Waals surface area contributed by atoms with Crippen molar-refractivity contribution >= 4 is 23.3 Å². The predicted octanol–water partition coefficient (Wildman–Crippen LogP) is 7.65. The molecule has 4 aromatic carbocycles. The first-order chi connectivity index (χ1) is 20.5. The smallest absolute Gasteiger partial charge is 0.287 e. The normalized spacial score (nSPS) is 16.8. The highest BCUT2D eigenvalue weighted by atomic mass is 35.5. The lowest BCUT2D eigenvalue weighted by molar-refractivity contribution is -0.138. The average molecular weight is 593 g/mol. The number of benzene rings is 4. The molecule has 5 rings (SSSR count). The zero-order chi connectivity index (χ0) is 30.6. The van der Waals surface area contributed by atoms with Gasteiger partial charge in [0.2, 0.25) is 5.78 Å². The van der Waals surface area contributed by atoms with Crippen LogP contribution in [0.4, 0.5) is 0 Å². The van der Waals surface area contributed by atoms with Crippen molar-refractivity contribution in [2.45, 2.75) is 76.4 Å². The number of amides is 1. The lowest BCUT2D eigenvalue weighted by Gasteiger charge is -2.46. The molecule has 43 heavy (non-hydrogen) atoms. The first-order valence-corrected chi connectivity index (χ1v) is 15.4. The SMILES string of the molecule is CC1(C)CC(NC(=O)C(=O)Cc2ccc(Cc3cccc(C(c4ccccc4)c4ccc(Cl)cc4)c3)cc2)CC(C)(C)N1. The highest BCUT2D eigenvalue weighted by molar-refractivity contribution is 6.36. The van der Waals surface area contributed by atoms with Gasteiger partial charge in [0, 0.05) is 34.5 Å². The first-order valence-electron chi connectivity index (χ1n) is 15.1. The van der Waals surface area contributed by atoms with Crippen molar-refractivity contribution in [1.29, 1.82) is 0 Å². The Morgan fingerprint density at radius 1 is 0.744 bits per heavy atom. The molecule has 1 atom stereocenters. The standard InChI is InChI=1S/C38H41ClN2O2/c1-37(2)24-33(25-38(3,4)41-37)40-36(43)34(42)23-27-15-13-26(14-16-27)21-28-9-8-12-31(22-28)35(29-10-6-5-7-11-29)30-17-19-32(39)20-18-30/h5-20,22,33,35,41H,21,23-25H2,1-4H3,(H,40,43). The molecule has 1 saturated heterocycles. The number of carbonyl (C=O) groups excluding carboxylic acids is 2. The molecule has 0 spiro atoms. The molecule has 0 radical (unpaired) electrons. The summed E-state index contributed by atoms with van der Waals surface area (Å²) in [7, 11) is 0. The molecule has 1 aliphatic rings. The van der Waals surface area contributed by atoms with Crippen LogP contribution >= 0.6 is 11.6 Å². The van der Waals surface area contributed by atoms with E-state index in [9.17, 15) is 9.59 Å². The number of halogens is 1. The third-order valence-electron chi connectivity index (χ3n) is 8.20. The van der Waals surface area contributed by atoms with Gasteiger partial charge < -0.3 is 10.6 Å². The van der Waals surface area contributed by atoms with E-state index in [0.717, 1.165) is 35.4 Å². The maximum Gasteiger partial charge on any atom is 0.287 e. The maximum atomic E-state index is 12.8. The fraction of sp³-hybridized carbons (Fsp3) is 0.316. The zero-order valence-electron chi connectivity index (χ0n) is 25.5. The van der Waals surface area contributed by atoms with Crippen molar-refractivity contribution in [1.82, 2.24) is 10.6 Å². The summed E-state index contributed by atoms with van der Waals surface area (Å²) < 4.78 is 0. The Bertz CT molecular complexity index is 1540. The number of hydrogen-bond donors (Lipinski definition) is 2. The molecule has 0 saturated carbocycles. The summed E-state index contributed by atoms with van der Waals surface area (Å²) in [5.41, 5.74) is 6.65. The summed E-state index contributed by atoms with van der Waals surface area (Å²) in [6.07, 6.45) is 2.44. The maximum absolute atomic E-state index is 12.8. The van der Waals surface area contributed by atoms with E-state index in [1.165, 1.54) is 22.3 Å². The molecule has 4 aromatic rings. The van der Waals surface area contributed by atoms with Gasteiger partial charge in [-0.3, -0.25) is 9.59 Å². The highest BCUT2D eigenvalue weighted by Gasteiger charge is 2.38. The van der Waals surface area contributed by atoms with E-state index < -0.39 is 11.7 Å². The number of Topliss-reactive ketones (excluding diaryl/α,β-unsaturated/α-hetero) is 1. The van der Waals surface area contributed by atoms with Crippen molar-refractivity contribution in [2.75, 3.05) is 0 Å². The highest BCUT2D eigenvalue weighted by Crippen LogP contribution is 2.33. The molecule has 0 aliphatic carbocycles. The van der Waals surface area contributed by atoms with Gasteiger partial charge in [-0.1, -0.05) is 103 Å². The molecule has 1 amide bonds. The Morgan fingerprint density at radius 3 is 1.98 bits per heavy atom. The van der Waals surface area contributed by atoms with Gasteiger partial charge in [0.15, 0.2) is 0 Å². The summed E-state index contributed by atoms with van der Waals surface area (Å²) in [6.45, 7) is 8.53. The van der Waals surface area contributed by atoms with Gasteiger partial charge in [0.25, 0.3) is 5.91 Å². The van der Waals surface area contributed by atoms with Crippen molar-refractivity contribution < 1.29 is 9.59 Å². The van der Waals surface area contributed by atoms with Gasteiger partial charge in [-0.15, -0.1) is 0 Å². The quantitative estimate of drug-likeness (QED) is 0.155. The molecule has 0 aromatic heterocycles. The Kier molecular flexibility index (Phi) is 9.19. The van der Waals surface area contributed by atoms with E-state index in [1.54, 1.807) is 0 Å². The van der Waals surface area contributed by atoms with Crippen LogP contribution in [0.15, 0.2) is 103 Å². The molecular formula is C38H41ClN2O2. The second kappa shape index (κ2) is 12.9. The van der Waals surface area contributed by atoms with Crippen molar-refractivity contribution in [3.05, 3.63) is 142 Å². The Balaban J connectivity index is 1.24. The van der Waals surface area contributed by atoms with E-state index in [4.69, 9.17) is 11.6 Å². The summed E-state index contributed by atoms with van der Waals surface area (Å²) in [5.74, 6) is -0.795. The number of rotatable bonds is 9. The summed E-state index contributed by atoms with van der Waals surface area (Å²) >= 11 is 6.20. The van der Waals surface area contributed by atoms with Gasteiger partial charge in [0.05, 0.1) is 0 Å². The predicted molar refractivity (Wildman–Crippen MR) is 176 cm³/mol. The van der Waals surface area contributed by atoms with Crippen LogP contribution in [0.2, 0.25) is 5.02 Å². The van der Waals surface area contributed by atoms with Gasteiger partial charge in [-0.2, -0.15) is 0 Å². The van der Waals surface area contributed by atoms with E-state index in [0.29, 0.717) is 0 Å². The fourth-order valence-electron chi connectivity index (χ4n) is 6.73. The topological polar surface area (TPSA) is 58.2 Å². The van der Waals surface area contributed by atoms with Crippen LogP contribution in [-0.4, -0.2) is 28.8 Å². The molecule has 4 nitrogen and oxygen atoms in total. The van der Waals surface area contributed by atoms with Gasteiger partial charge in [-0.25, -0.2) is 0 Å². The zero-order valence-corrected chi connectivity index (χ0v) is 26.2. The van der Waals surface area contributed by atoms with Gasteiger partial charge in [-0.05, 0) is 92.5 Å². The van der Waals surface area contributed by atoms with Crippen molar-refractivity contribution in [3.8, 4) is 0 Å². The summed E-state index contributed by atoms with van der Waals surface area (Å²) in [4.78, 5) is 25.6. The fourth-order valence-corrected chi connectivity index (χ4v) is 6.85. The third kappa shape index (κ3) is 8.22. The molecule has 5 heteroatoms. The van der Waals surface area contributed by atoms with Crippen LogP contribution in [0.25, 0.3) is 0 Å². The Labute approximate surface area is 260 Å². The Morgan fingerprint density at radius 2 is 1.33 bits per heavy atom. The lowest BCUT2D eigenvalue weighted by atomic mass is 9.79. The lowest BCUT2D eigenvalue weighted by Crippen LogP contribution is -2.62. The first kappa shape index (κ1) is 30.7. The van der Waals surface area contributed by atoms with E-state index in [2.05, 4.69) is 111 Å². The van der Waals surface area contributed by atoms with Crippen molar-refractivity contribution in [3.63, 3.8) is 0 Å². The van der Waals surface area contributed by atoms with Gasteiger partial charge >= 0.3 is 0 Å². The second-order valence-electron chi connectivity index (χ2n) is 13.2. The summed E-state index contributed by atoms with van der Waals surface area (Å²) in [5, 5.41) is 7.34. The van der Waals surface area contributed by atoms with Gasteiger partial charge in [0.1, 0.15) is 0 Å². The van der Waals surface area contributed by atoms with Crippen LogP contribution in [-0.2, 0) is 22.4 Å². The van der Waals surface area contributed by atoms with Crippen LogP contribution < -0.4 is 10.6 Å². The monoisotopic (exact) mass is 592 g/mol. The molecule has 1 aliphatic heterocycles. The molecule has 1 fully saturated rings. The largest absolute Gasteiger partial charge is 0.347 e. The average Bonchev–Trinajstić information content (AvgIpc) is 2.94. The number of carbonyl (C=O) groups is 2.